The van der Waals surface area contributed by atoms with Crippen LogP contribution in [0.1, 0.15) is 35.2 Å². The molecule has 0 amide bonds. The van der Waals surface area contributed by atoms with Crippen LogP contribution in [-0.2, 0) is 4.74 Å². The number of carbonyl (C=O) groups is 1. The van der Waals surface area contributed by atoms with Gasteiger partial charge in [-0.1, -0.05) is 6.07 Å². The van der Waals surface area contributed by atoms with Crippen molar-refractivity contribution in [1.29, 1.82) is 5.26 Å². The van der Waals surface area contributed by atoms with Crippen LogP contribution in [0, 0.1) is 17.1 Å². The van der Waals surface area contributed by atoms with Gasteiger partial charge in [0.25, 0.3) is 0 Å². The number of aromatic nitrogens is 1. The van der Waals surface area contributed by atoms with Crippen LogP contribution in [-0.4, -0.2) is 31.2 Å². The normalized spacial score (nSPS) is 13.6. The van der Waals surface area contributed by atoms with Gasteiger partial charge in [-0.3, -0.25) is 0 Å². The molecule has 1 aromatic heterocycles. The largest absolute Gasteiger partial charge is 0.494 e. The summed E-state index contributed by atoms with van der Waals surface area (Å²) in [6.07, 6.45) is 2.91. The number of anilines is 2. The van der Waals surface area contributed by atoms with Crippen LogP contribution in [0.4, 0.5) is 15.9 Å². The van der Waals surface area contributed by atoms with Crippen LogP contribution < -0.4 is 9.64 Å². The number of esters is 1. The van der Waals surface area contributed by atoms with Crippen molar-refractivity contribution >= 4 is 28.4 Å². The van der Waals surface area contributed by atoms with Crippen LogP contribution in [0.3, 0.4) is 0 Å². The molecule has 148 valence electrons. The Balaban J connectivity index is 1.93. The number of H-pyrrole nitrogens is 1. The number of ether oxygens (including phenoxy) is 2. The Labute approximate surface area is 167 Å². The van der Waals surface area contributed by atoms with Crippen molar-refractivity contribution < 1.29 is 18.7 Å². The summed E-state index contributed by atoms with van der Waals surface area (Å²) in [5.74, 6) is -0.270. The number of methoxy groups -OCH3 is 2. The van der Waals surface area contributed by atoms with E-state index in [1.807, 2.05) is 4.90 Å². The molecule has 1 fully saturated rings. The van der Waals surface area contributed by atoms with Gasteiger partial charge in [0.15, 0.2) is 11.6 Å². The number of nitrogens with zero attached hydrogens (tertiary/aromatic N) is 2. The lowest BCUT2D eigenvalue weighted by Gasteiger charge is -2.39. The predicted octanol–water partition coefficient (Wildman–Crippen LogP) is 4.66. The van der Waals surface area contributed by atoms with Crippen molar-refractivity contribution in [3.05, 3.63) is 53.3 Å². The molecule has 29 heavy (non-hydrogen) atoms. The first-order valence-electron chi connectivity index (χ1n) is 9.34. The molecular weight excluding hydrogens is 373 g/mol. The van der Waals surface area contributed by atoms with Crippen molar-refractivity contribution in [2.75, 3.05) is 19.1 Å². The molecule has 7 heteroatoms. The number of nitrogens with one attached hydrogen (secondary N) is 1. The number of aromatic amines is 1. The highest BCUT2D eigenvalue weighted by atomic mass is 19.1. The topological polar surface area (TPSA) is 78.3 Å². The van der Waals surface area contributed by atoms with Crippen molar-refractivity contribution in [3.63, 3.8) is 0 Å². The summed E-state index contributed by atoms with van der Waals surface area (Å²) in [5.41, 5.74) is 2.12. The molecule has 0 radical (unpaired) electrons. The van der Waals surface area contributed by atoms with Crippen LogP contribution in [0.25, 0.3) is 10.9 Å². The number of carbonyl (C=O) groups excluding carboxylic acids is 1. The SMILES string of the molecule is COC(=O)c1c(N(c2ccc(OC)c(F)c2)C2CCC2)[nH]c2cc(C#N)ccc12. The van der Waals surface area contributed by atoms with E-state index < -0.39 is 11.8 Å². The third kappa shape index (κ3) is 3.17. The second kappa shape index (κ2) is 7.47. The second-order valence-electron chi connectivity index (χ2n) is 6.99. The van der Waals surface area contributed by atoms with E-state index in [0.29, 0.717) is 33.5 Å². The zero-order valence-electron chi connectivity index (χ0n) is 16.2. The second-order valence-corrected chi connectivity index (χ2v) is 6.99. The van der Waals surface area contributed by atoms with Gasteiger partial charge in [0, 0.05) is 28.7 Å². The number of nitriles is 1. The number of rotatable bonds is 5. The van der Waals surface area contributed by atoms with Gasteiger partial charge >= 0.3 is 5.97 Å². The number of hydrogen-bond donors (Lipinski definition) is 1. The van der Waals surface area contributed by atoms with Gasteiger partial charge in [0.1, 0.15) is 11.4 Å². The molecule has 0 aliphatic heterocycles. The van der Waals surface area contributed by atoms with E-state index in [0.717, 1.165) is 19.3 Å². The molecule has 6 nitrogen and oxygen atoms in total. The highest BCUT2D eigenvalue weighted by Gasteiger charge is 2.32. The lowest BCUT2D eigenvalue weighted by molar-refractivity contribution is 0.0603. The standard InChI is InChI=1S/C22H20FN3O3/c1-28-19-9-7-15(11-17(19)23)26(14-4-3-5-14)21-20(22(27)29-2)16-8-6-13(12-24)10-18(16)25-21/h6-11,14,25H,3-5H2,1-2H3. The molecule has 3 aromatic rings. The van der Waals surface area contributed by atoms with Crippen LogP contribution in [0.5, 0.6) is 5.75 Å². The van der Waals surface area contributed by atoms with Crippen LogP contribution in [0.15, 0.2) is 36.4 Å². The first-order chi connectivity index (χ1) is 14.1. The summed E-state index contributed by atoms with van der Waals surface area (Å²) < 4.78 is 24.5. The molecular formula is C22H20FN3O3. The summed E-state index contributed by atoms with van der Waals surface area (Å²) in [6.45, 7) is 0. The molecule has 1 N–H and O–H groups in total. The molecule has 1 aliphatic carbocycles. The molecule has 1 heterocycles. The van der Waals surface area contributed by atoms with Crippen molar-refractivity contribution in [2.45, 2.75) is 25.3 Å². The Morgan fingerprint density at radius 2 is 2.03 bits per heavy atom. The van der Waals surface area contributed by atoms with Crippen LogP contribution in [0.2, 0.25) is 0 Å². The molecule has 0 spiro atoms. The van der Waals surface area contributed by atoms with E-state index in [-0.39, 0.29) is 11.8 Å². The zero-order chi connectivity index (χ0) is 20.5. The maximum atomic E-state index is 14.5. The Kier molecular flexibility index (Phi) is 4.85. The van der Waals surface area contributed by atoms with Gasteiger partial charge in [-0.15, -0.1) is 0 Å². The van der Waals surface area contributed by atoms with Crippen LogP contribution >= 0.6 is 0 Å². The number of benzene rings is 2. The molecule has 0 bridgehead atoms. The van der Waals surface area contributed by atoms with Gasteiger partial charge in [0.05, 0.1) is 25.9 Å². The van der Waals surface area contributed by atoms with E-state index in [9.17, 15) is 14.4 Å². The van der Waals surface area contributed by atoms with E-state index >= 15 is 0 Å². The Bertz CT molecular complexity index is 1130. The summed E-state index contributed by atoms with van der Waals surface area (Å²) >= 11 is 0. The number of fused-ring (bicyclic) bond motifs is 1. The molecule has 2 aromatic carbocycles. The van der Waals surface area contributed by atoms with E-state index in [4.69, 9.17) is 9.47 Å². The lowest BCUT2D eigenvalue weighted by atomic mass is 9.90. The quantitative estimate of drug-likeness (QED) is 0.638. The first kappa shape index (κ1) is 18.8. The lowest BCUT2D eigenvalue weighted by Crippen LogP contribution is -2.37. The van der Waals surface area contributed by atoms with Crippen molar-refractivity contribution in [1.82, 2.24) is 4.98 Å². The fourth-order valence-electron chi connectivity index (χ4n) is 3.71. The molecule has 0 saturated heterocycles. The highest BCUT2D eigenvalue weighted by molar-refractivity contribution is 6.10. The fraction of sp³-hybridized carbons (Fsp3) is 0.273. The average molecular weight is 393 g/mol. The van der Waals surface area contributed by atoms with E-state index in [2.05, 4.69) is 11.1 Å². The molecule has 4 rings (SSSR count). The number of halogens is 1. The third-order valence-electron chi connectivity index (χ3n) is 5.39. The van der Waals surface area contributed by atoms with E-state index in [1.165, 1.54) is 20.3 Å². The third-order valence-corrected chi connectivity index (χ3v) is 5.39. The summed E-state index contributed by atoms with van der Waals surface area (Å²) in [5, 5.41) is 9.87. The minimum atomic E-state index is -0.491. The molecule has 1 saturated carbocycles. The monoisotopic (exact) mass is 393 g/mol. The average Bonchev–Trinajstić information content (AvgIpc) is 3.07. The summed E-state index contributed by atoms with van der Waals surface area (Å²) in [7, 11) is 2.75. The molecule has 0 unspecified atom stereocenters. The Hall–Kier alpha value is -3.53. The maximum Gasteiger partial charge on any atom is 0.342 e. The van der Waals surface area contributed by atoms with Gasteiger partial charge in [-0.05, 0) is 43.5 Å². The molecule has 0 atom stereocenters. The van der Waals surface area contributed by atoms with Gasteiger partial charge in [-0.25, -0.2) is 9.18 Å². The highest BCUT2D eigenvalue weighted by Crippen LogP contribution is 2.41. The number of hydrogen-bond acceptors (Lipinski definition) is 5. The zero-order valence-corrected chi connectivity index (χ0v) is 16.2. The van der Waals surface area contributed by atoms with Gasteiger partial charge in [-0.2, -0.15) is 5.26 Å². The smallest absolute Gasteiger partial charge is 0.342 e. The van der Waals surface area contributed by atoms with E-state index in [1.54, 1.807) is 30.3 Å². The molecule has 1 aliphatic rings. The Morgan fingerprint density at radius 3 is 2.62 bits per heavy atom. The first-order valence-corrected chi connectivity index (χ1v) is 9.34. The maximum absolute atomic E-state index is 14.5. The minimum absolute atomic E-state index is 0.120. The fourth-order valence-corrected chi connectivity index (χ4v) is 3.71. The van der Waals surface area contributed by atoms with Crippen molar-refractivity contribution in [3.8, 4) is 11.8 Å². The van der Waals surface area contributed by atoms with Gasteiger partial charge < -0.3 is 19.4 Å². The van der Waals surface area contributed by atoms with Gasteiger partial charge in [0.2, 0.25) is 0 Å². The minimum Gasteiger partial charge on any atom is -0.494 e. The summed E-state index contributed by atoms with van der Waals surface area (Å²) in [4.78, 5) is 17.9. The predicted molar refractivity (Wildman–Crippen MR) is 107 cm³/mol. The Morgan fingerprint density at radius 1 is 1.24 bits per heavy atom. The van der Waals surface area contributed by atoms with Crippen molar-refractivity contribution in [2.24, 2.45) is 0 Å². The summed E-state index contributed by atoms with van der Waals surface area (Å²) in [6, 6.07) is 12.1.